The van der Waals surface area contributed by atoms with E-state index in [0.29, 0.717) is 5.69 Å². The number of carboxylic acid groups (broad SMARTS) is 1. The molecule has 1 rings (SSSR count). The van der Waals surface area contributed by atoms with Crippen LogP contribution in [0.25, 0.3) is 0 Å². The first-order valence-corrected chi connectivity index (χ1v) is 3.56. The molecule has 0 aromatic carbocycles. The van der Waals surface area contributed by atoms with Gasteiger partial charge in [-0.2, -0.15) is 5.10 Å². The lowest BCUT2D eigenvalue weighted by Gasteiger charge is -2.01. The van der Waals surface area contributed by atoms with Crippen LogP contribution in [-0.4, -0.2) is 26.9 Å². The molecule has 0 spiro atoms. The fourth-order valence-corrected chi connectivity index (χ4v) is 0.885. The summed E-state index contributed by atoms with van der Waals surface area (Å²) in [5.41, 5.74) is 6.01. The molecule has 0 aliphatic heterocycles. The van der Waals surface area contributed by atoms with Gasteiger partial charge in [0.1, 0.15) is 6.04 Å². The third-order valence-corrected chi connectivity index (χ3v) is 1.52. The van der Waals surface area contributed by atoms with Gasteiger partial charge in [-0.3, -0.25) is 9.48 Å². The van der Waals surface area contributed by atoms with Crippen molar-refractivity contribution >= 4 is 30.8 Å². The SMILES string of the molecule is Cl.Cl.Cn1ccc(CC(N)C(=O)O)n1. The van der Waals surface area contributed by atoms with Gasteiger partial charge in [-0.1, -0.05) is 0 Å². The Hall–Kier alpha value is -0.780. The first kappa shape index (κ1) is 15.7. The summed E-state index contributed by atoms with van der Waals surface area (Å²) in [6.45, 7) is 0. The van der Waals surface area contributed by atoms with E-state index in [-0.39, 0.29) is 31.2 Å². The van der Waals surface area contributed by atoms with Crippen molar-refractivity contribution in [3.05, 3.63) is 18.0 Å². The van der Waals surface area contributed by atoms with Gasteiger partial charge < -0.3 is 10.8 Å². The molecule has 0 aliphatic carbocycles. The highest BCUT2D eigenvalue weighted by Gasteiger charge is 2.12. The maximum Gasteiger partial charge on any atom is 0.320 e. The molecule has 0 bridgehead atoms. The standard InChI is InChI=1S/C7H11N3O2.2ClH/c1-10-3-2-5(9-10)4-6(8)7(11)12;;/h2-3,6H,4,8H2,1H3,(H,11,12);2*1H. The van der Waals surface area contributed by atoms with E-state index in [4.69, 9.17) is 10.8 Å². The molecule has 14 heavy (non-hydrogen) atoms. The second kappa shape index (κ2) is 6.64. The third kappa shape index (κ3) is 4.45. The van der Waals surface area contributed by atoms with Crippen molar-refractivity contribution < 1.29 is 9.90 Å². The minimum Gasteiger partial charge on any atom is -0.480 e. The topological polar surface area (TPSA) is 81.1 Å². The molecule has 0 aliphatic rings. The van der Waals surface area contributed by atoms with Gasteiger partial charge in [-0.25, -0.2) is 0 Å². The minimum absolute atomic E-state index is 0. The van der Waals surface area contributed by atoms with Crippen LogP contribution in [0.1, 0.15) is 5.69 Å². The zero-order chi connectivity index (χ0) is 9.14. The number of hydrogen-bond donors (Lipinski definition) is 2. The van der Waals surface area contributed by atoms with Crippen molar-refractivity contribution in [1.29, 1.82) is 0 Å². The number of carboxylic acids is 1. The zero-order valence-corrected chi connectivity index (χ0v) is 9.22. The van der Waals surface area contributed by atoms with Gasteiger partial charge in [0, 0.05) is 19.7 Å². The molecule has 0 fully saturated rings. The summed E-state index contributed by atoms with van der Waals surface area (Å²) in [4.78, 5) is 10.4. The lowest BCUT2D eigenvalue weighted by atomic mass is 10.2. The number of carbonyl (C=O) groups is 1. The molecule has 5 nitrogen and oxygen atoms in total. The summed E-state index contributed by atoms with van der Waals surface area (Å²) in [5.74, 6) is -0.999. The molecule has 1 aromatic rings. The largest absolute Gasteiger partial charge is 0.480 e. The van der Waals surface area contributed by atoms with Crippen LogP contribution in [0.3, 0.4) is 0 Å². The molecule has 7 heteroatoms. The molecule has 0 amide bonds. The number of aromatic nitrogens is 2. The number of aliphatic carboxylic acids is 1. The van der Waals surface area contributed by atoms with Gasteiger partial charge >= 0.3 is 5.97 Å². The smallest absolute Gasteiger partial charge is 0.320 e. The molecular weight excluding hydrogens is 229 g/mol. The molecule has 1 unspecified atom stereocenters. The number of rotatable bonds is 3. The van der Waals surface area contributed by atoms with Crippen molar-refractivity contribution in [2.75, 3.05) is 0 Å². The summed E-state index contributed by atoms with van der Waals surface area (Å²) in [5, 5.41) is 12.5. The van der Waals surface area contributed by atoms with E-state index < -0.39 is 12.0 Å². The highest BCUT2D eigenvalue weighted by atomic mass is 35.5. The predicted molar refractivity (Wildman–Crippen MR) is 57.0 cm³/mol. The first-order valence-electron chi connectivity index (χ1n) is 3.56. The monoisotopic (exact) mass is 241 g/mol. The highest BCUT2D eigenvalue weighted by Crippen LogP contribution is 1.97. The molecule has 82 valence electrons. The lowest BCUT2D eigenvalue weighted by Crippen LogP contribution is -2.32. The Kier molecular flexibility index (Phi) is 7.44. The molecule has 0 radical (unpaired) electrons. The highest BCUT2D eigenvalue weighted by molar-refractivity contribution is 5.85. The predicted octanol–water partition coefficient (Wildman–Crippen LogP) is 0.218. The summed E-state index contributed by atoms with van der Waals surface area (Å²) >= 11 is 0. The Bertz CT molecular complexity index is 290. The maximum absolute atomic E-state index is 10.4. The average molecular weight is 242 g/mol. The Balaban J connectivity index is 0. The van der Waals surface area contributed by atoms with Crippen LogP contribution in [0.5, 0.6) is 0 Å². The quantitative estimate of drug-likeness (QED) is 0.794. The Morgan fingerprint density at radius 1 is 1.71 bits per heavy atom. The number of nitrogens with zero attached hydrogens (tertiary/aromatic N) is 2. The summed E-state index contributed by atoms with van der Waals surface area (Å²) in [6.07, 6.45) is 2.03. The van der Waals surface area contributed by atoms with Crippen LogP contribution in [0.15, 0.2) is 12.3 Å². The second-order valence-corrected chi connectivity index (χ2v) is 2.63. The van der Waals surface area contributed by atoms with Crippen LogP contribution < -0.4 is 5.73 Å². The van der Waals surface area contributed by atoms with Crippen LogP contribution in [0.2, 0.25) is 0 Å². The molecule has 1 atom stereocenters. The van der Waals surface area contributed by atoms with Crippen molar-refractivity contribution in [3.8, 4) is 0 Å². The van der Waals surface area contributed by atoms with Gasteiger partial charge in [0.2, 0.25) is 0 Å². The molecule has 0 saturated heterocycles. The first-order chi connectivity index (χ1) is 5.59. The second-order valence-electron chi connectivity index (χ2n) is 2.63. The van der Waals surface area contributed by atoms with E-state index in [0.717, 1.165) is 0 Å². The van der Waals surface area contributed by atoms with E-state index in [1.165, 1.54) is 0 Å². The Morgan fingerprint density at radius 2 is 2.29 bits per heavy atom. The van der Waals surface area contributed by atoms with Crippen LogP contribution in [-0.2, 0) is 18.3 Å². The summed E-state index contributed by atoms with van der Waals surface area (Å²) in [7, 11) is 1.77. The van der Waals surface area contributed by atoms with Crippen LogP contribution in [0.4, 0.5) is 0 Å². The van der Waals surface area contributed by atoms with E-state index in [1.807, 2.05) is 0 Å². The van der Waals surface area contributed by atoms with Crippen LogP contribution in [0, 0.1) is 0 Å². The minimum atomic E-state index is -0.999. The fraction of sp³-hybridized carbons (Fsp3) is 0.429. The number of nitrogens with two attached hydrogens (primary N) is 1. The van der Waals surface area contributed by atoms with E-state index >= 15 is 0 Å². The van der Waals surface area contributed by atoms with Crippen molar-refractivity contribution in [3.63, 3.8) is 0 Å². The lowest BCUT2D eigenvalue weighted by molar-refractivity contribution is -0.138. The molecule has 3 N–H and O–H groups in total. The number of aryl methyl sites for hydroxylation is 1. The van der Waals surface area contributed by atoms with Crippen LogP contribution >= 0.6 is 24.8 Å². The normalized spacial score (nSPS) is 11.0. The molecular formula is C7H13Cl2N3O2. The molecule has 0 saturated carbocycles. The van der Waals surface area contributed by atoms with Crippen molar-refractivity contribution in [2.45, 2.75) is 12.5 Å². The van der Waals surface area contributed by atoms with E-state index in [2.05, 4.69) is 5.10 Å². The maximum atomic E-state index is 10.4. The van der Waals surface area contributed by atoms with Gasteiger partial charge in [-0.05, 0) is 6.07 Å². The molecule has 1 heterocycles. The Labute approximate surface area is 94.1 Å². The number of hydrogen-bond acceptors (Lipinski definition) is 3. The van der Waals surface area contributed by atoms with Gasteiger partial charge in [0.05, 0.1) is 5.69 Å². The average Bonchev–Trinajstić information content (AvgIpc) is 2.35. The van der Waals surface area contributed by atoms with Crippen molar-refractivity contribution in [2.24, 2.45) is 12.8 Å². The third-order valence-electron chi connectivity index (χ3n) is 1.52. The molecule has 1 aromatic heterocycles. The Morgan fingerprint density at radius 3 is 2.64 bits per heavy atom. The van der Waals surface area contributed by atoms with Gasteiger partial charge in [0.15, 0.2) is 0 Å². The zero-order valence-electron chi connectivity index (χ0n) is 7.58. The van der Waals surface area contributed by atoms with E-state index in [9.17, 15) is 4.79 Å². The summed E-state index contributed by atoms with van der Waals surface area (Å²) in [6, 6.07) is 0.892. The number of halogens is 2. The summed E-state index contributed by atoms with van der Waals surface area (Å²) < 4.78 is 1.61. The van der Waals surface area contributed by atoms with E-state index in [1.54, 1.807) is 24.0 Å². The van der Waals surface area contributed by atoms with Gasteiger partial charge in [-0.15, -0.1) is 24.8 Å². The fourth-order valence-electron chi connectivity index (χ4n) is 0.885. The van der Waals surface area contributed by atoms with Gasteiger partial charge in [0.25, 0.3) is 0 Å². The van der Waals surface area contributed by atoms with Crippen molar-refractivity contribution in [1.82, 2.24) is 9.78 Å².